The number of fused-ring (bicyclic) bond motifs is 1. The fraction of sp³-hybridized carbons (Fsp3) is 0.778. The number of hydrogen-bond donors (Lipinski definition) is 0. The van der Waals surface area contributed by atoms with Gasteiger partial charge in [-0.05, 0) is 19.3 Å². The highest BCUT2D eigenvalue weighted by molar-refractivity contribution is 5.91. The number of likely N-dealkylation sites (tertiary alicyclic amines) is 1. The number of ether oxygens (including phenoxy) is 3. The normalized spacial score (nSPS) is 39.7. The molecule has 0 saturated carbocycles. The lowest BCUT2D eigenvalue weighted by molar-refractivity contribution is -0.154. The summed E-state index contributed by atoms with van der Waals surface area (Å²) in [4.78, 5) is 27.3. The van der Waals surface area contributed by atoms with Gasteiger partial charge in [0.25, 0.3) is 0 Å². The molecule has 3 fully saturated rings. The number of hydrogen-bond acceptors (Lipinski definition) is 5. The summed E-state index contributed by atoms with van der Waals surface area (Å²) in [6.45, 7) is 4.34. The van der Waals surface area contributed by atoms with Gasteiger partial charge in [0.15, 0.2) is 0 Å². The summed E-state index contributed by atoms with van der Waals surface area (Å²) in [5, 5.41) is 0. The lowest BCUT2D eigenvalue weighted by Crippen LogP contribution is -2.40. The van der Waals surface area contributed by atoms with Gasteiger partial charge in [-0.15, -0.1) is 0 Å². The Morgan fingerprint density at radius 1 is 1.50 bits per heavy atom. The van der Waals surface area contributed by atoms with E-state index in [1.807, 2.05) is 17.1 Å². The topological polar surface area (TPSA) is 65.1 Å². The van der Waals surface area contributed by atoms with Crippen molar-refractivity contribution >= 4 is 11.9 Å². The van der Waals surface area contributed by atoms with E-state index < -0.39 is 17.4 Å². The summed E-state index contributed by atoms with van der Waals surface area (Å²) in [5.41, 5.74) is -0.644. The van der Waals surface area contributed by atoms with Crippen molar-refractivity contribution in [3.05, 3.63) is 12.2 Å². The molecule has 2 unspecified atom stereocenters. The van der Waals surface area contributed by atoms with E-state index >= 15 is 0 Å². The average molecular weight is 335 g/mol. The third kappa shape index (κ3) is 2.47. The van der Waals surface area contributed by atoms with Crippen molar-refractivity contribution in [3.8, 4) is 0 Å². The Bertz CT molecular complexity index is 556. The zero-order chi connectivity index (χ0) is 16.7. The molecule has 0 aromatic rings. The van der Waals surface area contributed by atoms with E-state index in [2.05, 4.69) is 6.92 Å². The lowest BCUT2D eigenvalue weighted by atomic mass is 9.77. The van der Waals surface area contributed by atoms with E-state index in [1.54, 1.807) is 0 Å². The molecule has 4 rings (SSSR count). The molecule has 24 heavy (non-hydrogen) atoms. The van der Waals surface area contributed by atoms with Crippen LogP contribution in [-0.4, -0.2) is 60.9 Å². The van der Waals surface area contributed by atoms with Gasteiger partial charge in [0.1, 0.15) is 11.5 Å². The summed E-state index contributed by atoms with van der Waals surface area (Å²) in [6.07, 6.45) is 7.54. The molecule has 3 saturated heterocycles. The number of nitrogens with zero attached hydrogens (tertiary/aromatic N) is 1. The van der Waals surface area contributed by atoms with Crippen LogP contribution in [0.25, 0.3) is 0 Å². The van der Waals surface area contributed by atoms with Crippen molar-refractivity contribution in [3.63, 3.8) is 0 Å². The SMILES string of the molecule is CCCCOC(=O)C1[C@@H]2C=C[C@]3(CN(CC4CCCO4)C(=O)[C@H]13)O2. The number of amides is 1. The van der Waals surface area contributed by atoms with Crippen LogP contribution in [0.1, 0.15) is 32.6 Å². The second-order valence-electron chi connectivity index (χ2n) is 7.27. The van der Waals surface area contributed by atoms with Crippen molar-refractivity contribution < 1.29 is 23.8 Å². The fourth-order valence-corrected chi connectivity index (χ4v) is 4.45. The van der Waals surface area contributed by atoms with Gasteiger partial charge in [-0.3, -0.25) is 9.59 Å². The summed E-state index contributed by atoms with van der Waals surface area (Å²) < 4.78 is 17.1. The number of rotatable bonds is 6. The number of esters is 1. The molecule has 0 radical (unpaired) electrons. The minimum Gasteiger partial charge on any atom is -0.465 e. The summed E-state index contributed by atoms with van der Waals surface area (Å²) in [6, 6.07) is 0. The molecule has 6 heteroatoms. The summed E-state index contributed by atoms with van der Waals surface area (Å²) >= 11 is 0. The Labute approximate surface area is 142 Å². The zero-order valence-electron chi connectivity index (χ0n) is 14.1. The predicted octanol–water partition coefficient (Wildman–Crippen LogP) is 1.29. The Morgan fingerprint density at radius 3 is 3.12 bits per heavy atom. The van der Waals surface area contributed by atoms with Gasteiger partial charge in [-0.2, -0.15) is 0 Å². The molecule has 132 valence electrons. The average Bonchev–Trinajstić information content (AvgIpc) is 3.31. The van der Waals surface area contributed by atoms with E-state index in [0.29, 0.717) is 19.7 Å². The van der Waals surface area contributed by atoms with Crippen LogP contribution in [0.15, 0.2) is 12.2 Å². The number of unbranched alkanes of at least 4 members (excludes halogenated alkanes) is 1. The second kappa shape index (κ2) is 6.15. The maximum Gasteiger partial charge on any atom is 0.312 e. The first-order valence-electron chi connectivity index (χ1n) is 9.09. The third-order valence-corrected chi connectivity index (χ3v) is 5.64. The second-order valence-corrected chi connectivity index (χ2v) is 7.27. The summed E-state index contributed by atoms with van der Waals surface area (Å²) in [7, 11) is 0. The van der Waals surface area contributed by atoms with Crippen LogP contribution in [0.3, 0.4) is 0 Å². The number of carbonyl (C=O) groups is 2. The molecule has 1 amide bonds. The largest absolute Gasteiger partial charge is 0.465 e. The molecule has 0 aliphatic carbocycles. The van der Waals surface area contributed by atoms with Crippen molar-refractivity contribution in [1.29, 1.82) is 0 Å². The molecule has 4 aliphatic rings. The van der Waals surface area contributed by atoms with Crippen molar-refractivity contribution in [2.75, 3.05) is 26.3 Å². The van der Waals surface area contributed by atoms with Gasteiger partial charge in [-0.25, -0.2) is 0 Å². The molecular weight excluding hydrogens is 310 g/mol. The lowest BCUT2D eigenvalue weighted by Gasteiger charge is -2.23. The van der Waals surface area contributed by atoms with Gasteiger partial charge < -0.3 is 19.1 Å². The predicted molar refractivity (Wildman–Crippen MR) is 85.1 cm³/mol. The highest BCUT2D eigenvalue weighted by atomic mass is 16.6. The first-order valence-corrected chi connectivity index (χ1v) is 9.09. The maximum absolute atomic E-state index is 13.0. The van der Waals surface area contributed by atoms with Crippen LogP contribution >= 0.6 is 0 Å². The van der Waals surface area contributed by atoms with Gasteiger partial charge in [-0.1, -0.05) is 25.5 Å². The third-order valence-electron chi connectivity index (χ3n) is 5.64. The summed E-state index contributed by atoms with van der Waals surface area (Å²) in [5.74, 6) is -1.23. The standard InChI is InChI=1S/C18H25NO5/c1-2-3-8-23-17(21)14-13-6-7-18(24-13)11-19(16(20)15(14)18)10-12-5-4-9-22-12/h6-7,12-15H,2-5,8-11H2,1H3/t12?,13-,14?,15-,18+/m0/s1. The molecule has 0 aromatic carbocycles. The van der Waals surface area contributed by atoms with Crippen molar-refractivity contribution in [1.82, 2.24) is 4.90 Å². The number of carbonyl (C=O) groups excluding carboxylic acids is 2. The van der Waals surface area contributed by atoms with Gasteiger partial charge in [0, 0.05) is 13.2 Å². The zero-order valence-corrected chi connectivity index (χ0v) is 14.1. The smallest absolute Gasteiger partial charge is 0.312 e. The quantitative estimate of drug-likeness (QED) is 0.416. The first-order chi connectivity index (χ1) is 11.6. The molecule has 2 bridgehead atoms. The van der Waals surface area contributed by atoms with Crippen LogP contribution in [-0.2, 0) is 23.8 Å². The molecule has 6 nitrogen and oxygen atoms in total. The first kappa shape index (κ1) is 16.1. The van der Waals surface area contributed by atoms with E-state index in [-0.39, 0.29) is 24.1 Å². The Kier molecular flexibility index (Phi) is 4.12. The molecular formula is C18H25NO5. The maximum atomic E-state index is 13.0. The Hall–Kier alpha value is -1.40. The molecule has 0 N–H and O–H groups in total. The van der Waals surface area contributed by atoms with Gasteiger partial charge in [0.2, 0.25) is 5.91 Å². The monoisotopic (exact) mass is 335 g/mol. The van der Waals surface area contributed by atoms with E-state index in [9.17, 15) is 9.59 Å². The van der Waals surface area contributed by atoms with Crippen molar-refractivity contribution in [2.24, 2.45) is 11.8 Å². The van der Waals surface area contributed by atoms with Crippen LogP contribution < -0.4 is 0 Å². The Morgan fingerprint density at radius 2 is 2.38 bits per heavy atom. The van der Waals surface area contributed by atoms with Gasteiger partial charge in [0.05, 0.1) is 31.3 Å². The molecule has 5 atom stereocenters. The van der Waals surface area contributed by atoms with Crippen LogP contribution in [0, 0.1) is 11.8 Å². The highest BCUT2D eigenvalue weighted by Gasteiger charge is 2.67. The van der Waals surface area contributed by atoms with Crippen LogP contribution in [0.2, 0.25) is 0 Å². The van der Waals surface area contributed by atoms with Crippen LogP contribution in [0.4, 0.5) is 0 Å². The van der Waals surface area contributed by atoms with Gasteiger partial charge >= 0.3 is 5.97 Å². The fourth-order valence-electron chi connectivity index (χ4n) is 4.45. The van der Waals surface area contributed by atoms with E-state index in [0.717, 1.165) is 32.3 Å². The molecule has 4 heterocycles. The van der Waals surface area contributed by atoms with Crippen molar-refractivity contribution in [2.45, 2.75) is 50.4 Å². The minimum absolute atomic E-state index is 0.00907. The molecule has 1 spiro atoms. The molecule has 0 aromatic heterocycles. The molecule has 4 aliphatic heterocycles. The highest BCUT2D eigenvalue weighted by Crippen LogP contribution is 2.52. The minimum atomic E-state index is -0.644. The van der Waals surface area contributed by atoms with E-state index in [4.69, 9.17) is 14.2 Å². The van der Waals surface area contributed by atoms with Crippen LogP contribution in [0.5, 0.6) is 0 Å². The van der Waals surface area contributed by atoms with E-state index in [1.165, 1.54) is 0 Å². The Balaban J connectivity index is 1.48.